The maximum atomic E-state index is 11.9. The van der Waals surface area contributed by atoms with Gasteiger partial charge in [-0.15, -0.1) is 11.3 Å². The summed E-state index contributed by atoms with van der Waals surface area (Å²) in [7, 11) is -3.79. The summed E-state index contributed by atoms with van der Waals surface area (Å²) in [6.07, 6.45) is 1.81. The number of aromatic carboxylic acids is 1. The molecule has 19 heavy (non-hydrogen) atoms. The fourth-order valence-corrected chi connectivity index (χ4v) is 4.34. The number of thiophene rings is 1. The summed E-state index contributed by atoms with van der Waals surface area (Å²) >= 11 is 2.08. The molecule has 0 bridgehead atoms. The second-order valence-electron chi connectivity index (χ2n) is 4.18. The van der Waals surface area contributed by atoms with Crippen LogP contribution in [-0.2, 0) is 10.0 Å². The number of nitrogens with one attached hydrogen (secondary N) is 1. The Morgan fingerprint density at radius 2 is 2.16 bits per heavy atom. The smallest absolute Gasteiger partial charge is 0.345 e. The zero-order chi connectivity index (χ0) is 14.7. The van der Waals surface area contributed by atoms with E-state index in [-0.39, 0.29) is 15.6 Å². The number of sulfonamides is 1. The molecule has 1 atom stereocenters. The molecule has 6 nitrogen and oxygen atoms in total. The third-order valence-electron chi connectivity index (χ3n) is 2.16. The lowest BCUT2D eigenvalue weighted by molar-refractivity contribution is 0.0702. The van der Waals surface area contributed by atoms with Crippen LogP contribution in [0, 0.1) is 0 Å². The predicted octanol–water partition coefficient (Wildman–Crippen LogP) is 0.839. The molecule has 0 aliphatic heterocycles. The first-order valence-electron chi connectivity index (χ1n) is 5.22. The van der Waals surface area contributed by atoms with Gasteiger partial charge in [0.05, 0.1) is 5.60 Å². The number of carboxylic acid groups (broad SMARTS) is 1. The van der Waals surface area contributed by atoms with Crippen LogP contribution < -0.4 is 4.72 Å². The topological polar surface area (TPSA) is 104 Å². The van der Waals surface area contributed by atoms with E-state index in [1.54, 1.807) is 6.26 Å². The van der Waals surface area contributed by atoms with E-state index in [0.29, 0.717) is 17.1 Å². The SMILES string of the molecule is CSCC(C)(O)CNS(=O)(=O)c1ccc(C(=O)O)s1. The average Bonchev–Trinajstić information content (AvgIpc) is 2.77. The van der Waals surface area contributed by atoms with Crippen LogP contribution in [0.15, 0.2) is 16.3 Å². The summed E-state index contributed by atoms with van der Waals surface area (Å²) in [6, 6.07) is 2.47. The number of thioether (sulfide) groups is 1. The molecule has 1 unspecified atom stereocenters. The van der Waals surface area contributed by atoms with Crippen LogP contribution in [0.25, 0.3) is 0 Å². The molecular formula is C10H15NO5S3. The Hall–Kier alpha value is -0.610. The van der Waals surface area contributed by atoms with Gasteiger partial charge < -0.3 is 10.2 Å². The lowest BCUT2D eigenvalue weighted by atomic mass is 10.1. The zero-order valence-electron chi connectivity index (χ0n) is 10.4. The van der Waals surface area contributed by atoms with Crippen molar-refractivity contribution in [1.29, 1.82) is 0 Å². The maximum Gasteiger partial charge on any atom is 0.345 e. The van der Waals surface area contributed by atoms with Crippen molar-refractivity contribution in [1.82, 2.24) is 4.72 Å². The summed E-state index contributed by atoms with van der Waals surface area (Å²) < 4.78 is 26.0. The molecule has 0 aliphatic rings. The van der Waals surface area contributed by atoms with E-state index in [9.17, 15) is 18.3 Å². The van der Waals surface area contributed by atoms with Crippen molar-refractivity contribution in [2.75, 3.05) is 18.6 Å². The van der Waals surface area contributed by atoms with Crippen molar-refractivity contribution in [2.24, 2.45) is 0 Å². The summed E-state index contributed by atoms with van der Waals surface area (Å²) in [6.45, 7) is 1.40. The summed E-state index contributed by atoms with van der Waals surface area (Å²) in [4.78, 5) is 10.7. The molecule has 1 heterocycles. The Morgan fingerprint density at radius 1 is 1.53 bits per heavy atom. The fourth-order valence-electron chi connectivity index (χ4n) is 1.26. The first kappa shape index (κ1) is 16.4. The van der Waals surface area contributed by atoms with Gasteiger partial charge >= 0.3 is 5.97 Å². The summed E-state index contributed by atoms with van der Waals surface area (Å²) in [5.41, 5.74) is -1.15. The molecule has 9 heteroatoms. The van der Waals surface area contributed by atoms with Crippen molar-refractivity contribution < 1.29 is 23.4 Å². The van der Waals surface area contributed by atoms with E-state index in [1.807, 2.05) is 0 Å². The van der Waals surface area contributed by atoms with E-state index in [2.05, 4.69) is 4.72 Å². The van der Waals surface area contributed by atoms with Gasteiger partial charge in [0, 0.05) is 12.3 Å². The van der Waals surface area contributed by atoms with Gasteiger partial charge in [-0.25, -0.2) is 17.9 Å². The Labute approximate surface area is 119 Å². The lowest BCUT2D eigenvalue weighted by Crippen LogP contribution is -2.42. The molecule has 1 rings (SSSR count). The van der Waals surface area contributed by atoms with Gasteiger partial charge in [-0.2, -0.15) is 11.8 Å². The molecule has 1 aromatic heterocycles. The lowest BCUT2D eigenvalue weighted by Gasteiger charge is -2.22. The van der Waals surface area contributed by atoms with Gasteiger partial charge in [-0.05, 0) is 25.3 Å². The molecule has 0 saturated heterocycles. The minimum Gasteiger partial charge on any atom is -0.477 e. The fraction of sp³-hybridized carbons (Fsp3) is 0.500. The van der Waals surface area contributed by atoms with Crippen molar-refractivity contribution >= 4 is 39.1 Å². The average molecular weight is 325 g/mol. The van der Waals surface area contributed by atoms with Gasteiger partial charge in [-0.1, -0.05) is 0 Å². The minimum atomic E-state index is -3.79. The number of hydrogen-bond donors (Lipinski definition) is 3. The molecule has 0 aliphatic carbocycles. The van der Waals surface area contributed by atoms with Crippen LogP contribution in [0.4, 0.5) is 0 Å². The monoisotopic (exact) mass is 325 g/mol. The normalized spacial score (nSPS) is 15.1. The Bertz CT molecular complexity index is 549. The van der Waals surface area contributed by atoms with Crippen molar-refractivity contribution in [3.63, 3.8) is 0 Å². The van der Waals surface area contributed by atoms with Crippen LogP contribution in [0.3, 0.4) is 0 Å². The number of carbonyl (C=O) groups is 1. The zero-order valence-corrected chi connectivity index (χ0v) is 12.9. The van der Waals surface area contributed by atoms with E-state index in [0.717, 1.165) is 0 Å². The largest absolute Gasteiger partial charge is 0.477 e. The maximum absolute atomic E-state index is 11.9. The van der Waals surface area contributed by atoms with Gasteiger partial charge in [-0.3, -0.25) is 0 Å². The second kappa shape index (κ2) is 6.23. The summed E-state index contributed by atoms with van der Waals surface area (Å²) in [5, 5.41) is 18.6. The Morgan fingerprint density at radius 3 is 2.63 bits per heavy atom. The number of rotatable bonds is 7. The van der Waals surface area contributed by atoms with Gasteiger partial charge in [0.15, 0.2) is 0 Å². The third-order valence-corrected chi connectivity index (χ3v) is 6.03. The van der Waals surface area contributed by atoms with Crippen LogP contribution >= 0.6 is 23.1 Å². The highest BCUT2D eigenvalue weighted by Gasteiger charge is 2.25. The Kier molecular flexibility index (Phi) is 5.39. The molecule has 3 N–H and O–H groups in total. The van der Waals surface area contributed by atoms with Crippen LogP contribution in [0.5, 0.6) is 0 Å². The van der Waals surface area contributed by atoms with Crippen LogP contribution in [0.2, 0.25) is 0 Å². The predicted molar refractivity (Wildman–Crippen MR) is 75.5 cm³/mol. The highest BCUT2D eigenvalue weighted by molar-refractivity contribution is 7.98. The molecule has 0 spiro atoms. The quantitative estimate of drug-likeness (QED) is 0.686. The van der Waals surface area contributed by atoms with E-state index in [4.69, 9.17) is 5.11 Å². The molecule has 0 aromatic carbocycles. The second-order valence-corrected chi connectivity index (χ2v) is 8.12. The van der Waals surface area contributed by atoms with Gasteiger partial charge in [0.25, 0.3) is 0 Å². The van der Waals surface area contributed by atoms with E-state index < -0.39 is 21.6 Å². The van der Waals surface area contributed by atoms with Crippen molar-refractivity contribution in [3.05, 3.63) is 17.0 Å². The highest BCUT2D eigenvalue weighted by atomic mass is 32.2. The first-order valence-corrected chi connectivity index (χ1v) is 8.91. The van der Waals surface area contributed by atoms with Crippen molar-refractivity contribution in [2.45, 2.75) is 16.7 Å². The molecule has 0 amide bonds. The van der Waals surface area contributed by atoms with Gasteiger partial charge in [0.1, 0.15) is 9.09 Å². The van der Waals surface area contributed by atoms with Gasteiger partial charge in [0.2, 0.25) is 10.0 Å². The van der Waals surface area contributed by atoms with E-state index in [1.165, 1.54) is 30.8 Å². The highest BCUT2D eigenvalue weighted by Crippen LogP contribution is 2.21. The first-order chi connectivity index (χ1) is 8.68. The molecule has 0 saturated carbocycles. The number of hydrogen-bond acceptors (Lipinski definition) is 6. The molecule has 0 radical (unpaired) electrons. The minimum absolute atomic E-state index is 0.0451. The summed E-state index contributed by atoms with van der Waals surface area (Å²) in [5.74, 6) is -0.777. The molecular weight excluding hydrogens is 310 g/mol. The number of carboxylic acids is 1. The number of aliphatic hydroxyl groups is 1. The third kappa shape index (κ3) is 4.77. The van der Waals surface area contributed by atoms with Crippen LogP contribution in [-0.4, -0.2) is 48.8 Å². The standard InChI is InChI=1S/C10H15NO5S3/c1-10(14,6-17-2)5-11-19(15,16)8-4-3-7(18-8)9(12)13/h3-4,11,14H,5-6H2,1-2H3,(H,12,13). The molecule has 1 aromatic rings. The Balaban J connectivity index is 2.78. The molecule has 0 fully saturated rings. The van der Waals surface area contributed by atoms with Crippen LogP contribution in [0.1, 0.15) is 16.6 Å². The molecule has 108 valence electrons. The van der Waals surface area contributed by atoms with E-state index >= 15 is 0 Å². The van der Waals surface area contributed by atoms with Crippen molar-refractivity contribution in [3.8, 4) is 0 Å².